The van der Waals surface area contributed by atoms with Gasteiger partial charge in [-0.25, -0.2) is 4.39 Å². The van der Waals surface area contributed by atoms with Crippen LogP contribution in [0.5, 0.6) is 0 Å². The second-order valence-electron chi connectivity index (χ2n) is 4.01. The molecule has 7 heteroatoms. The van der Waals surface area contributed by atoms with E-state index >= 15 is 0 Å². The van der Waals surface area contributed by atoms with Crippen LogP contribution in [0.25, 0.3) is 0 Å². The minimum Gasteiger partial charge on any atom is -0.379 e. The van der Waals surface area contributed by atoms with E-state index < -0.39 is 10.7 Å². The van der Waals surface area contributed by atoms with Crippen molar-refractivity contribution in [2.45, 2.75) is 6.54 Å². The van der Waals surface area contributed by atoms with E-state index in [2.05, 4.69) is 21.2 Å². The first-order chi connectivity index (χ1) is 9.47. The van der Waals surface area contributed by atoms with Crippen LogP contribution in [-0.4, -0.2) is 4.92 Å². The van der Waals surface area contributed by atoms with E-state index in [1.54, 1.807) is 18.2 Å². The zero-order chi connectivity index (χ0) is 14.7. The average molecular weight is 360 g/mol. The van der Waals surface area contributed by atoms with Crippen molar-refractivity contribution < 1.29 is 9.31 Å². The van der Waals surface area contributed by atoms with Gasteiger partial charge in [0.1, 0.15) is 5.82 Å². The predicted octanol–water partition coefficient (Wildman–Crippen LogP) is 4.76. The fourth-order valence-electron chi connectivity index (χ4n) is 1.62. The molecule has 20 heavy (non-hydrogen) atoms. The lowest BCUT2D eigenvalue weighted by Crippen LogP contribution is -2.02. The Morgan fingerprint density at radius 1 is 1.30 bits per heavy atom. The normalized spacial score (nSPS) is 10.3. The van der Waals surface area contributed by atoms with Gasteiger partial charge in [-0.2, -0.15) is 0 Å². The monoisotopic (exact) mass is 358 g/mol. The van der Waals surface area contributed by atoms with Crippen LogP contribution in [0.1, 0.15) is 5.56 Å². The van der Waals surface area contributed by atoms with Gasteiger partial charge in [-0.15, -0.1) is 0 Å². The Labute approximate surface area is 127 Å². The van der Waals surface area contributed by atoms with Crippen LogP contribution in [0.2, 0.25) is 5.02 Å². The molecule has 0 aliphatic rings. The number of halogens is 3. The Kier molecular flexibility index (Phi) is 4.57. The molecule has 1 N–H and O–H groups in total. The summed E-state index contributed by atoms with van der Waals surface area (Å²) >= 11 is 9.13. The number of hydrogen-bond acceptors (Lipinski definition) is 3. The number of hydrogen-bond donors (Lipinski definition) is 1. The van der Waals surface area contributed by atoms with Crippen molar-refractivity contribution in [2.75, 3.05) is 5.32 Å². The van der Waals surface area contributed by atoms with Crippen molar-refractivity contribution >= 4 is 38.9 Å². The number of nitrogens with one attached hydrogen (secondary N) is 1. The predicted molar refractivity (Wildman–Crippen MR) is 79.5 cm³/mol. The fourth-order valence-corrected chi connectivity index (χ4v) is 2.19. The van der Waals surface area contributed by atoms with E-state index in [1.807, 2.05) is 0 Å². The molecule has 2 aromatic carbocycles. The Bertz CT molecular complexity index is 667. The van der Waals surface area contributed by atoms with Gasteiger partial charge >= 0.3 is 0 Å². The maximum atomic E-state index is 13.6. The summed E-state index contributed by atoms with van der Waals surface area (Å²) < 4.78 is 14.3. The molecule has 0 aliphatic heterocycles. The third kappa shape index (κ3) is 3.46. The number of nitro benzene ring substituents is 1. The molecule has 0 atom stereocenters. The van der Waals surface area contributed by atoms with E-state index in [1.165, 1.54) is 18.2 Å². The van der Waals surface area contributed by atoms with Gasteiger partial charge in [-0.1, -0.05) is 27.5 Å². The lowest BCUT2D eigenvalue weighted by Gasteiger charge is -2.09. The van der Waals surface area contributed by atoms with Gasteiger partial charge in [0.15, 0.2) is 0 Å². The van der Waals surface area contributed by atoms with Crippen LogP contribution >= 0.6 is 27.5 Å². The molecule has 2 rings (SSSR count). The summed E-state index contributed by atoms with van der Waals surface area (Å²) in [5.74, 6) is -0.391. The summed E-state index contributed by atoms with van der Waals surface area (Å²) in [5.41, 5.74) is 0.913. The number of non-ortho nitro benzene ring substituents is 1. The zero-order valence-electron chi connectivity index (χ0n) is 10.1. The molecule has 2 aromatic rings. The SMILES string of the molecule is O=[N+]([O-])c1ccc(CNc2ccc(Br)cc2F)c(Cl)c1. The van der Waals surface area contributed by atoms with Gasteiger partial charge in [0.05, 0.1) is 15.6 Å². The van der Waals surface area contributed by atoms with Gasteiger partial charge in [-0.05, 0) is 29.8 Å². The van der Waals surface area contributed by atoms with E-state index in [4.69, 9.17) is 11.6 Å². The molecule has 0 unspecified atom stereocenters. The molecule has 0 radical (unpaired) electrons. The summed E-state index contributed by atoms with van der Waals surface area (Å²) in [4.78, 5) is 10.1. The summed E-state index contributed by atoms with van der Waals surface area (Å²) in [6.07, 6.45) is 0. The third-order valence-electron chi connectivity index (χ3n) is 2.65. The molecule has 0 aromatic heterocycles. The molecule has 0 saturated heterocycles. The summed E-state index contributed by atoms with van der Waals surface area (Å²) in [5, 5.41) is 13.8. The topological polar surface area (TPSA) is 55.2 Å². The number of nitrogens with zero attached hydrogens (tertiary/aromatic N) is 1. The van der Waals surface area contributed by atoms with Crippen LogP contribution in [0, 0.1) is 15.9 Å². The van der Waals surface area contributed by atoms with Crippen molar-refractivity contribution in [3.63, 3.8) is 0 Å². The van der Waals surface area contributed by atoms with Crippen molar-refractivity contribution in [3.8, 4) is 0 Å². The zero-order valence-corrected chi connectivity index (χ0v) is 12.4. The van der Waals surface area contributed by atoms with Crippen LogP contribution < -0.4 is 5.32 Å². The summed E-state index contributed by atoms with van der Waals surface area (Å²) in [6, 6.07) is 8.84. The second-order valence-corrected chi connectivity index (χ2v) is 5.33. The smallest absolute Gasteiger partial charge is 0.270 e. The molecule has 0 bridgehead atoms. The average Bonchev–Trinajstić information content (AvgIpc) is 2.38. The Balaban J connectivity index is 2.13. The highest BCUT2D eigenvalue weighted by Gasteiger charge is 2.10. The minimum atomic E-state index is -0.516. The minimum absolute atomic E-state index is 0.0754. The van der Waals surface area contributed by atoms with Crippen molar-refractivity contribution in [3.05, 3.63) is 67.4 Å². The van der Waals surface area contributed by atoms with Gasteiger partial charge in [0, 0.05) is 23.2 Å². The molecule has 0 saturated carbocycles. The molecule has 0 fully saturated rings. The van der Waals surface area contributed by atoms with Gasteiger partial charge in [0.2, 0.25) is 0 Å². The first kappa shape index (κ1) is 14.7. The first-order valence-electron chi connectivity index (χ1n) is 5.59. The van der Waals surface area contributed by atoms with E-state index in [0.717, 1.165) is 0 Å². The summed E-state index contributed by atoms with van der Waals surface area (Å²) in [6.45, 7) is 0.273. The lowest BCUT2D eigenvalue weighted by molar-refractivity contribution is -0.384. The van der Waals surface area contributed by atoms with Crippen LogP contribution in [0.3, 0.4) is 0 Å². The van der Waals surface area contributed by atoms with Crippen molar-refractivity contribution in [1.29, 1.82) is 0 Å². The Morgan fingerprint density at radius 3 is 2.65 bits per heavy atom. The first-order valence-corrected chi connectivity index (χ1v) is 6.76. The van der Waals surface area contributed by atoms with Crippen molar-refractivity contribution in [2.24, 2.45) is 0 Å². The van der Waals surface area contributed by atoms with E-state index in [9.17, 15) is 14.5 Å². The molecule has 0 amide bonds. The Hall–Kier alpha value is -1.66. The number of anilines is 1. The van der Waals surface area contributed by atoms with E-state index in [-0.39, 0.29) is 17.3 Å². The number of nitro groups is 1. The van der Waals surface area contributed by atoms with Gasteiger partial charge in [0.25, 0.3) is 5.69 Å². The summed E-state index contributed by atoms with van der Waals surface area (Å²) in [7, 11) is 0. The molecule has 0 heterocycles. The van der Waals surface area contributed by atoms with Crippen LogP contribution in [0.15, 0.2) is 40.9 Å². The highest BCUT2D eigenvalue weighted by Crippen LogP contribution is 2.24. The van der Waals surface area contributed by atoms with Gasteiger partial charge in [-0.3, -0.25) is 10.1 Å². The van der Waals surface area contributed by atoms with Crippen LogP contribution in [0.4, 0.5) is 15.8 Å². The number of benzene rings is 2. The van der Waals surface area contributed by atoms with Crippen LogP contribution in [-0.2, 0) is 6.54 Å². The standard InChI is InChI=1S/C13H9BrClFN2O2/c14-9-2-4-13(12(16)5-9)17-7-8-1-3-10(18(19)20)6-11(8)15/h1-6,17H,7H2. The fraction of sp³-hybridized carbons (Fsp3) is 0.0769. The molecule has 104 valence electrons. The maximum Gasteiger partial charge on any atom is 0.270 e. The molecular weight excluding hydrogens is 351 g/mol. The second kappa shape index (κ2) is 6.19. The maximum absolute atomic E-state index is 13.6. The molecular formula is C13H9BrClFN2O2. The third-order valence-corrected chi connectivity index (χ3v) is 3.49. The highest BCUT2D eigenvalue weighted by atomic mass is 79.9. The quantitative estimate of drug-likeness (QED) is 0.632. The molecule has 4 nitrogen and oxygen atoms in total. The largest absolute Gasteiger partial charge is 0.379 e. The highest BCUT2D eigenvalue weighted by molar-refractivity contribution is 9.10. The molecule has 0 aliphatic carbocycles. The van der Waals surface area contributed by atoms with Gasteiger partial charge < -0.3 is 5.32 Å². The number of rotatable bonds is 4. The van der Waals surface area contributed by atoms with E-state index in [0.29, 0.717) is 15.7 Å². The van der Waals surface area contributed by atoms with Crippen molar-refractivity contribution in [1.82, 2.24) is 0 Å². The Morgan fingerprint density at radius 2 is 2.05 bits per heavy atom. The lowest BCUT2D eigenvalue weighted by atomic mass is 10.2. The molecule has 0 spiro atoms.